The van der Waals surface area contributed by atoms with Crippen LogP contribution < -0.4 is 0 Å². The molecule has 0 bridgehead atoms. The van der Waals surface area contributed by atoms with Crippen LogP contribution in [0.15, 0.2) is 24.3 Å². The number of ether oxygens (including phenoxy) is 1. The lowest BCUT2D eigenvalue weighted by molar-refractivity contribution is -0.168. The molecule has 0 aromatic heterocycles. The van der Waals surface area contributed by atoms with Crippen molar-refractivity contribution in [1.29, 1.82) is 0 Å². The van der Waals surface area contributed by atoms with E-state index in [1.165, 1.54) is 0 Å². The molecule has 2 nitrogen and oxygen atoms in total. The molecule has 0 saturated carbocycles. The molecule has 1 aromatic carbocycles. The van der Waals surface area contributed by atoms with Crippen LogP contribution in [0.25, 0.3) is 0 Å². The molecule has 6 heteroatoms. The fraction of sp³-hybridized carbons (Fsp3) is 0.533. The quantitative estimate of drug-likeness (QED) is 0.682. The van der Waals surface area contributed by atoms with Crippen LogP contribution in [0.2, 0.25) is 0 Å². The van der Waals surface area contributed by atoms with Gasteiger partial charge in [0.05, 0.1) is 0 Å². The lowest BCUT2D eigenvalue weighted by atomic mass is 10.0. The van der Waals surface area contributed by atoms with Gasteiger partial charge < -0.3 is 4.74 Å². The molecular formula is C15H18F4O2. The number of hydrogen-bond donors (Lipinski definition) is 0. The zero-order chi connectivity index (χ0) is 16.0. The minimum absolute atomic E-state index is 0.0264. The third-order valence-electron chi connectivity index (χ3n) is 2.92. The van der Waals surface area contributed by atoms with Gasteiger partial charge in [-0.3, -0.25) is 4.79 Å². The molecule has 0 aliphatic heterocycles. The molecule has 0 radical (unpaired) electrons. The molecule has 0 atom stereocenters. The summed E-state index contributed by atoms with van der Waals surface area (Å²) in [6, 6.07) is 7.33. The van der Waals surface area contributed by atoms with Gasteiger partial charge in [0, 0.05) is 6.42 Å². The highest BCUT2D eigenvalue weighted by Crippen LogP contribution is 2.22. The van der Waals surface area contributed by atoms with Crippen molar-refractivity contribution in [3.8, 4) is 0 Å². The molecule has 21 heavy (non-hydrogen) atoms. The predicted octanol–water partition coefficient (Wildman–Crippen LogP) is 3.84. The largest absolute Gasteiger partial charge is 0.367 e. The lowest BCUT2D eigenvalue weighted by Gasteiger charge is -2.14. The Labute approximate surface area is 121 Å². The van der Waals surface area contributed by atoms with Gasteiger partial charge in [0.2, 0.25) is 0 Å². The first-order valence-corrected chi connectivity index (χ1v) is 6.56. The van der Waals surface area contributed by atoms with Gasteiger partial charge in [0.1, 0.15) is 13.2 Å². The molecule has 1 rings (SSSR count). The van der Waals surface area contributed by atoms with Crippen molar-refractivity contribution in [2.45, 2.75) is 38.5 Å². The van der Waals surface area contributed by atoms with Crippen LogP contribution in [0.4, 0.5) is 17.6 Å². The summed E-state index contributed by atoms with van der Waals surface area (Å²) >= 11 is 0. The van der Waals surface area contributed by atoms with Gasteiger partial charge in [-0.2, -0.15) is 8.78 Å². The van der Waals surface area contributed by atoms with E-state index >= 15 is 0 Å². The van der Waals surface area contributed by atoms with Gasteiger partial charge in [0.25, 0.3) is 0 Å². The Morgan fingerprint density at radius 3 is 2.24 bits per heavy atom. The summed E-state index contributed by atoms with van der Waals surface area (Å²) in [4.78, 5) is 11.5. The average molecular weight is 306 g/mol. The maximum atomic E-state index is 12.6. The van der Waals surface area contributed by atoms with Gasteiger partial charge in [-0.1, -0.05) is 38.1 Å². The Morgan fingerprint density at radius 1 is 1.19 bits per heavy atom. The van der Waals surface area contributed by atoms with Crippen molar-refractivity contribution in [3.63, 3.8) is 0 Å². The van der Waals surface area contributed by atoms with E-state index < -0.39 is 31.3 Å². The summed E-state index contributed by atoms with van der Waals surface area (Å²) in [5.41, 5.74) is 1.85. The minimum atomic E-state index is -4.22. The molecule has 0 aliphatic carbocycles. The number of benzene rings is 1. The number of alkyl halides is 4. The van der Waals surface area contributed by atoms with Gasteiger partial charge in [-0.05, 0) is 17.0 Å². The molecule has 118 valence electrons. The second-order valence-electron chi connectivity index (χ2n) is 5.17. The van der Waals surface area contributed by atoms with Crippen LogP contribution in [0.1, 0.15) is 30.9 Å². The molecule has 0 fully saturated rings. The van der Waals surface area contributed by atoms with Crippen LogP contribution in [0.5, 0.6) is 0 Å². The molecule has 0 saturated heterocycles. The summed E-state index contributed by atoms with van der Waals surface area (Å²) in [6.45, 7) is 2.02. The Balaban J connectivity index is 2.40. The maximum absolute atomic E-state index is 12.6. The number of carbonyl (C=O) groups excluding carboxylic acids is 1. The zero-order valence-electron chi connectivity index (χ0n) is 11.9. The van der Waals surface area contributed by atoms with E-state index in [9.17, 15) is 22.4 Å². The number of carbonyl (C=O) groups is 1. The van der Waals surface area contributed by atoms with Crippen LogP contribution in [-0.2, 0) is 16.0 Å². The number of rotatable bonds is 8. The van der Waals surface area contributed by atoms with E-state index in [0.29, 0.717) is 5.92 Å². The van der Waals surface area contributed by atoms with Crippen LogP contribution in [0, 0.1) is 0 Å². The molecule has 1 aromatic rings. The smallest absolute Gasteiger partial charge is 0.330 e. The second kappa shape index (κ2) is 7.54. The van der Waals surface area contributed by atoms with Crippen molar-refractivity contribution >= 4 is 5.78 Å². The van der Waals surface area contributed by atoms with Crippen molar-refractivity contribution in [1.82, 2.24) is 0 Å². The molecule has 0 N–H and O–H groups in total. The SMILES string of the molecule is CC(C)c1ccc(CC(=O)COCC(F)(F)C(F)F)cc1. The van der Waals surface area contributed by atoms with Gasteiger partial charge in [-0.15, -0.1) is 0 Å². The van der Waals surface area contributed by atoms with Crippen molar-refractivity contribution in [2.75, 3.05) is 13.2 Å². The van der Waals surface area contributed by atoms with Gasteiger partial charge >= 0.3 is 12.3 Å². The molecule has 0 amide bonds. The number of Topliss-reactive ketones (excluding diaryl/α,β-unsaturated/α-hetero) is 1. The van der Waals surface area contributed by atoms with E-state index in [0.717, 1.165) is 11.1 Å². The third-order valence-corrected chi connectivity index (χ3v) is 2.92. The molecule has 0 unspecified atom stereocenters. The maximum Gasteiger partial charge on any atom is 0.330 e. The van der Waals surface area contributed by atoms with Crippen molar-refractivity contribution < 1.29 is 27.1 Å². The van der Waals surface area contributed by atoms with Crippen molar-refractivity contribution in [2.24, 2.45) is 0 Å². The fourth-order valence-electron chi connectivity index (χ4n) is 1.66. The first kappa shape index (κ1) is 17.6. The lowest BCUT2D eigenvalue weighted by Crippen LogP contribution is -2.33. The molecule has 0 aliphatic rings. The van der Waals surface area contributed by atoms with Crippen LogP contribution >= 0.6 is 0 Å². The fourth-order valence-corrected chi connectivity index (χ4v) is 1.66. The average Bonchev–Trinajstić information content (AvgIpc) is 2.38. The number of ketones is 1. The van der Waals surface area contributed by atoms with Crippen molar-refractivity contribution in [3.05, 3.63) is 35.4 Å². The monoisotopic (exact) mass is 306 g/mol. The Hall–Kier alpha value is -1.43. The van der Waals surface area contributed by atoms with Gasteiger partial charge in [0.15, 0.2) is 5.78 Å². The third kappa shape index (κ3) is 5.83. The first-order valence-electron chi connectivity index (χ1n) is 6.56. The highest BCUT2D eigenvalue weighted by molar-refractivity contribution is 5.82. The van der Waals surface area contributed by atoms with E-state index in [2.05, 4.69) is 4.74 Å². The summed E-state index contributed by atoms with van der Waals surface area (Å²) < 4.78 is 53.2. The van der Waals surface area contributed by atoms with E-state index in [1.54, 1.807) is 12.1 Å². The van der Waals surface area contributed by atoms with E-state index in [4.69, 9.17) is 0 Å². The molecule has 0 spiro atoms. The minimum Gasteiger partial charge on any atom is -0.367 e. The highest BCUT2D eigenvalue weighted by Gasteiger charge is 2.41. The Morgan fingerprint density at radius 2 is 1.76 bits per heavy atom. The molecular weight excluding hydrogens is 288 g/mol. The van der Waals surface area contributed by atoms with Gasteiger partial charge in [-0.25, -0.2) is 8.78 Å². The summed E-state index contributed by atoms with van der Waals surface area (Å²) in [6.07, 6.45) is -3.77. The highest BCUT2D eigenvalue weighted by atomic mass is 19.3. The summed E-state index contributed by atoms with van der Waals surface area (Å²) in [7, 11) is 0. The number of hydrogen-bond acceptors (Lipinski definition) is 2. The summed E-state index contributed by atoms with van der Waals surface area (Å²) in [5, 5.41) is 0. The standard InChI is InChI=1S/C15H18F4O2/c1-10(2)12-5-3-11(4-6-12)7-13(20)8-21-9-15(18,19)14(16)17/h3-6,10,14H,7-9H2,1-2H3. The Kier molecular flexibility index (Phi) is 6.33. The Bertz CT molecular complexity index is 455. The second-order valence-corrected chi connectivity index (χ2v) is 5.17. The first-order chi connectivity index (χ1) is 9.72. The van der Waals surface area contributed by atoms with E-state index in [1.807, 2.05) is 26.0 Å². The number of halogens is 4. The topological polar surface area (TPSA) is 26.3 Å². The normalized spacial score (nSPS) is 12.2. The molecule has 0 heterocycles. The predicted molar refractivity (Wildman–Crippen MR) is 71.0 cm³/mol. The summed E-state index contributed by atoms with van der Waals surface area (Å²) in [5.74, 6) is -4.29. The van der Waals surface area contributed by atoms with E-state index in [-0.39, 0.29) is 6.42 Å². The van der Waals surface area contributed by atoms with Crippen LogP contribution in [0.3, 0.4) is 0 Å². The zero-order valence-corrected chi connectivity index (χ0v) is 11.9. The van der Waals surface area contributed by atoms with Crippen LogP contribution in [-0.4, -0.2) is 31.3 Å².